The van der Waals surface area contributed by atoms with Gasteiger partial charge in [-0.15, -0.1) is 0 Å². The van der Waals surface area contributed by atoms with Gasteiger partial charge in [-0.05, 0) is 67.4 Å². The number of carbonyl (C=O) groups excluding carboxylic acids is 1. The molecule has 0 atom stereocenters. The Kier molecular flexibility index (Phi) is 6.68. The van der Waals surface area contributed by atoms with Crippen LogP contribution < -0.4 is 10.9 Å². The number of aryl methyl sites for hydroxylation is 2. The Balaban J connectivity index is 1.30. The van der Waals surface area contributed by atoms with E-state index in [1.807, 2.05) is 30.3 Å². The van der Waals surface area contributed by atoms with Crippen LogP contribution in [-0.2, 0) is 16.1 Å². The van der Waals surface area contributed by atoms with E-state index in [4.69, 9.17) is 4.74 Å². The van der Waals surface area contributed by atoms with Crippen LogP contribution in [-0.4, -0.2) is 22.5 Å². The molecule has 7 heteroatoms. The molecule has 3 aromatic carbocycles. The summed E-state index contributed by atoms with van der Waals surface area (Å²) in [5.41, 5.74) is 3.53. The Morgan fingerprint density at radius 1 is 1.06 bits per heavy atom. The van der Waals surface area contributed by atoms with E-state index in [0.29, 0.717) is 22.4 Å². The zero-order valence-electron chi connectivity index (χ0n) is 17.8. The van der Waals surface area contributed by atoms with Crippen LogP contribution in [0.15, 0.2) is 81.3 Å². The lowest BCUT2D eigenvalue weighted by Gasteiger charge is -2.09. The summed E-state index contributed by atoms with van der Waals surface area (Å²) in [5, 5.41) is 3.34. The SMILES string of the molecule is Cc1ccc(C)c(Sc2ccc(NC(=O)COCc3nc4ccccc4c(=O)[nH]3)cc2)c1. The van der Waals surface area contributed by atoms with Crippen molar-refractivity contribution in [3.05, 3.63) is 94.0 Å². The second kappa shape index (κ2) is 9.80. The van der Waals surface area contributed by atoms with Gasteiger partial charge in [0.1, 0.15) is 19.0 Å². The van der Waals surface area contributed by atoms with Gasteiger partial charge in [0.15, 0.2) is 0 Å². The number of nitrogens with one attached hydrogen (secondary N) is 2. The summed E-state index contributed by atoms with van der Waals surface area (Å²) >= 11 is 1.70. The molecule has 6 nitrogen and oxygen atoms in total. The second-order valence-corrected chi connectivity index (χ2v) is 8.58. The van der Waals surface area contributed by atoms with Gasteiger partial charge in [-0.3, -0.25) is 9.59 Å². The van der Waals surface area contributed by atoms with E-state index < -0.39 is 0 Å². The number of hydrogen-bond donors (Lipinski definition) is 2. The third-order valence-electron chi connectivity index (χ3n) is 4.84. The first kappa shape index (κ1) is 21.8. The number of aromatic nitrogens is 2. The largest absolute Gasteiger partial charge is 0.364 e. The maximum absolute atomic E-state index is 12.2. The molecular formula is C25H23N3O3S. The van der Waals surface area contributed by atoms with Gasteiger partial charge in [-0.25, -0.2) is 4.98 Å². The molecule has 0 aliphatic rings. The number of para-hydroxylation sites is 1. The molecule has 0 bridgehead atoms. The number of fused-ring (bicyclic) bond motifs is 1. The molecule has 32 heavy (non-hydrogen) atoms. The summed E-state index contributed by atoms with van der Waals surface area (Å²) in [6.45, 7) is 4.08. The number of amides is 1. The molecule has 2 N–H and O–H groups in total. The van der Waals surface area contributed by atoms with Gasteiger partial charge in [0.2, 0.25) is 5.91 Å². The van der Waals surface area contributed by atoms with Gasteiger partial charge in [-0.2, -0.15) is 0 Å². The van der Waals surface area contributed by atoms with Crippen molar-refractivity contribution in [3.8, 4) is 0 Å². The van der Waals surface area contributed by atoms with E-state index >= 15 is 0 Å². The number of carbonyl (C=O) groups is 1. The zero-order valence-corrected chi connectivity index (χ0v) is 18.7. The quantitative estimate of drug-likeness (QED) is 0.425. The fraction of sp³-hybridized carbons (Fsp3) is 0.160. The topological polar surface area (TPSA) is 84.1 Å². The normalized spacial score (nSPS) is 10.9. The zero-order chi connectivity index (χ0) is 22.5. The smallest absolute Gasteiger partial charge is 0.258 e. The van der Waals surface area contributed by atoms with Crippen LogP contribution in [0.4, 0.5) is 5.69 Å². The highest BCUT2D eigenvalue weighted by Gasteiger charge is 2.07. The van der Waals surface area contributed by atoms with Crippen LogP contribution in [0.2, 0.25) is 0 Å². The van der Waals surface area contributed by atoms with Crippen LogP contribution >= 0.6 is 11.8 Å². The molecule has 4 aromatic rings. The number of H-pyrrole nitrogens is 1. The molecule has 0 fully saturated rings. The number of nitrogens with zero attached hydrogens (tertiary/aromatic N) is 1. The van der Waals surface area contributed by atoms with Crippen LogP contribution in [0.3, 0.4) is 0 Å². The Morgan fingerprint density at radius 2 is 1.84 bits per heavy atom. The van der Waals surface area contributed by atoms with Crippen molar-refractivity contribution in [3.63, 3.8) is 0 Å². The van der Waals surface area contributed by atoms with Crippen molar-refractivity contribution in [2.24, 2.45) is 0 Å². The first-order chi connectivity index (χ1) is 15.5. The minimum atomic E-state index is -0.275. The first-order valence-corrected chi connectivity index (χ1v) is 11.0. The highest BCUT2D eigenvalue weighted by molar-refractivity contribution is 7.99. The molecule has 0 spiro atoms. The molecule has 0 aliphatic carbocycles. The molecule has 4 rings (SSSR count). The minimum Gasteiger partial charge on any atom is -0.364 e. The van der Waals surface area contributed by atoms with E-state index in [-0.39, 0.29) is 24.7 Å². The Hall–Kier alpha value is -3.42. The standard InChI is InChI=1S/C25H23N3O3S/c1-16-7-8-17(2)22(13-16)32-19-11-9-18(10-12-19)26-24(29)15-31-14-23-27-21-6-4-3-5-20(21)25(30)28-23/h3-13H,14-15H2,1-2H3,(H,26,29)(H,27,28,30). The van der Waals surface area contributed by atoms with Gasteiger partial charge in [-0.1, -0.05) is 36.0 Å². The van der Waals surface area contributed by atoms with Crippen LogP contribution in [0, 0.1) is 13.8 Å². The third-order valence-corrected chi connectivity index (χ3v) is 6.01. The number of hydrogen-bond acceptors (Lipinski definition) is 5. The van der Waals surface area contributed by atoms with Crippen molar-refractivity contribution >= 4 is 34.3 Å². The summed E-state index contributed by atoms with van der Waals surface area (Å²) in [6, 6.07) is 21.2. The fourth-order valence-corrected chi connectivity index (χ4v) is 4.19. The van der Waals surface area contributed by atoms with E-state index in [0.717, 1.165) is 4.90 Å². The Bertz CT molecular complexity index is 1320. The van der Waals surface area contributed by atoms with Gasteiger partial charge < -0.3 is 15.0 Å². The van der Waals surface area contributed by atoms with E-state index in [1.54, 1.807) is 30.0 Å². The Morgan fingerprint density at radius 3 is 2.66 bits per heavy atom. The summed E-state index contributed by atoms with van der Waals surface area (Å²) in [6.07, 6.45) is 0. The molecule has 0 radical (unpaired) electrons. The molecular weight excluding hydrogens is 422 g/mol. The van der Waals surface area contributed by atoms with Crippen LogP contribution in [0.5, 0.6) is 0 Å². The third kappa shape index (κ3) is 5.43. The number of rotatable bonds is 7. The van der Waals surface area contributed by atoms with Crippen LogP contribution in [0.25, 0.3) is 10.9 Å². The predicted molar refractivity (Wildman–Crippen MR) is 127 cm³/mol. The minimum absolute atomic E-state index is 0.0406. The van der Waals surface area contributed by atoms with Gasteiger partial charge in [0, 0.05) is 15.5 Å². The fourth-order valence-electron chi connectivity index (χ4n) is 3.19. The lowest BCUT2D eigenvalue weighted by Crippen LogP contribution is -2.19. The van der Waals surface area contributed by atoms with Crippen molar-refractivity contribution in [2.75, 3.05) is 11.9 Å². The molecule has 0 unspecified atom stereocenters. The van der Waals surface area contributed by atoms with Gasteiger partial charge in [0.05, 0.1) is 10.9 Å². The molecule has 0 aliphatic heterocycles. The lowest BCUT2D eigenvalue weighted by atomic mass is 10.2. The summed E-state index contributed by atoms with van der Waals surface area (Å²) in [4.78, 5) is 33.6. The second-order valence-electron chi connectivity index (χ2n) is 7.47. The molecule has 1 heterocycles. The molecule has 0 saturated heterocycles. The van der Waals surface area contributed by atoms with E-state index in [2.05, 4.69) is 47.3 Å². The maximum Gasteiger partial charge on any atom is 0.258 e. The summed E-state index contributed by atoms with van der Waals surface area (Å²) in [7, 11) is 0. The van der Waals surface area contributed by atoms with Crippen LogP contribution in [0.1, 0.15) is 17.0 Å². The van der Waals surface area contributed by atoms with Gasteiger partial charge >= 0.3 is 0 Å². The lowest BCUT2D eigenvalue weighted by molar-refractivity contribution is -0.121. The van der Waals surface area contributed by atoms with Crippen molar-refractivity contribution in [2.45, 2.75) is 30.2 Å². The number of benzene rings is 3. The molecule has 0 saturated carbocycles. The van der Waals surface area contributed by atoms with E-state index in [9.17, 15) is 9.59 Å². The van der Waals surface area contributed by atoms with Gasteiger partial charge in [0.25, 0.3) is 5.56 Å². The first-order valence-electron chi connectivity index (χ1n) is 10.2. The molecule has 162 valence electrons. The average molecular weight is 446 g/mol. The number of ether oxygens (including phenoxy) is 1. The number of anilines is 1. The van der Waals surface area contributed by atoms with Crippen molar-refractivity contribution in [1.82, 2.24) is 9.97 Å². The summed E-state index contributed by atoms with van der Waals surface area (Å²) in [5.74, 6) is 0.109. The average Bonchev–Trinajstić information content (AvgIpc) is 2.78. The highest BCUT2D eigenvalue weighted by atomic mass is 32.2. The monoisotopic (exact) mass is 445 g/mol. The Labute approximate surface area is 190 Å². The molecule has 1 aromatic heterocycles. The summed E-state index contributed by atoms with van der Waals surface area (Å²) < 4.78 is 5.44. The van der Waals surface area contributed by atoms with E-state index in [1.165, 1.54) is 16.0 Å². The highest BCUT2D eigenvalue weighted by Crippen LogP contribution is 2.31. The predicted octanol–water partition coefficient (Wildman–Crippen LogP) is 4.85. The molecule has 1 amide bonds. The number of aromatic amines is 1. The maximum atomic E-state index is 12.2. The van der Waals surface area contributed by atoms with Crippen molar-refractivity contribution in [1.29, 1.82) is 0 Å². The van der Waals surface area contributed by atoms with Crippen molar-refractivity contribution < 1.29 is 9.53 Å².